The van der Waals surface area contributed by atoms with E-state index in [0.717, 1.165) is 31.4 Å². The lowest BCUT2D eigenvalue weighted by molar-refractivity contribution is 0.102. The Bertz CT molecular complexity index is 870. The van der Waals surface area contributed by atoms with Crippen LogP contribution in [0.4, 0.5) is 24.8 Å². The number of halogens is 3. The van der Waals surface area contributed by atoms with E-state index in [0.29, 0.717) is 6.54 Å². The van der Waals surface area contributed by atoms with E-state index in [9.17, 15) is 18.0 Å². The van der Waals surface area contributed by atoms with E-state index in [1.54, 1.807) is 0 Å². The van der Waals surface area contributed by atoms with Gasteiger partial charge in [-0.2, -0.15) is 0 Å². The van der Waals surface area contributed by atoms with Crippen LogP contribution in [0, 0.1) is 17.5 Å². The first kappa shape index (κ1) is 18.9. The van der Waals surface area contributed by atoms with Crippen LogP contribution < -0.4 is 10.6 Å². The van der Waals surface area contributed by atoms with Crippen LogP contribution in [0.3, 0.4) is 0 Å². The first-order chi connectivity index (χ1) is 13.0. The minimum atomic E-state index is -1.64. The molecule has 1 aromatic heterocycles. The highest BCUT2D eigenvalue weighted by molar-refractivity contribution is 6.03. The van der Waals surface area contributed by atoms with Crippen molar-refractivity contribution in [2.45, 2.75) is 32.1 Å². The van der Waals surface area contributed by atoms with Gasteiger partial charge in [0.25, 0.3) is 5.91 Å². The minimum absolute atomic E-state index is 0.0199. The lowest BCUT2D eigenvalue weighted by Gasteiger charge is -2.13. The molecule has 0 unspecified atom stereocenters. The topological polar surface area (TPSA) is 66.9 Å². The maximum Gasteiger partial charge on any atom is 0.274 e. The molecule has 2 aromatic rings. The first-order valence-electron chi connectivity index (χ1n) is 8.74. The Kier molecular flexibility index (Phi) is 6.05. The largest absolute Gasteiger partial charge is 0.354 e. The van der Waals surface area contributed by atoms with Crippen LogP contribution in [0.2, 0.25) is 0 Å². The molecule has 142 valence electrons. The predicted molar refractivity (Wildman–Crippen MR) is 96.0 cm³/mol. The molecule has 0 saturated carbocycles. The molecule has 3 rings (SSSR count). The molecule has 2 N–H and O–H groups in total. The van der Waals surface area contributed by atoms with E-state index in [1.807, 2.05) is 0 Å². The number of aromatic nitrogens is 2. The molecule has 27 heavy (non-hydrogen) atoms. The standard InChI is InChI=1S/C19H19F3N4O/c20-13-6-7-14(17(22)16(13)21)25-18(27)15-9-11-24-19(26-15)23-10-8-12-4-2-1-3-5-12/h4,6-7,9,11H,1-3,5,8,10H2,(H,25,27)(H,23,24,26). The second-order valence-corrected chi connectivity index (χ2v) is 6.23. The molecule has 1 aliphatic carbocycles. The summed E-state index contributed by atoms with van der Waals surface area (Å²) in [4.78, 5) is 20.3. The Labute approximate surface area is 154 Å². The van der Waals surface area contributed by atoms with Crippen LogP contribution in [-0.2, 0) is 0 Å². The Balaban J connectivity index is 1.61. The molecular formula is C19H19F3N4O. The van der Waals surface area contributed by atoms with Gasteiger partial charge < -0.3 is 10.6 Å². The number of carbonyl (C=O) groups is 1. The zero-order valence-corrected chi connectivity index (χ0v) is 14.6. The quantitative estimate of drug-likeness (QED) is 0.577. The van der Waals surface area contributed by atoms with Gasteiger partial charge in [-0.25, -0.2) is 23.1 Å². The van der Waals surface area contributed by atoms with Crippen LogP contribution in [-0.4, -0.2) is 22.4 Å². The molecule has 0 atom stereocenters. The number of nitrogens with one attached hydrogen (secondary N) is 2. The van der Waals surface area contributed by atoms with Crippen molar-refractivity contribution in [1.29, 1.82) is 0 Å². The van der Waals surface area contributed by atoms with Crippen molar-refractivity contribution in [2.24, 2.45) is 0 Å². The second kappa shape index (κ2) is 8.66. The van der Waals surface area contributed by atoms with Gasteiger partial charge >= 0.3 is 0 Å². The van der Waals surface area contributed by atoms with Crippen molar-refractivity contribution >= 4 is 17.5 Å². The highest BCUT2D eigenvalue weighted by Crippen LogP contribution is 2.21. The van der Waals surface area contributed by atoms with Gasteiger partial charge in [0, 0.05) is 12.7 Å². The van der Waals surface area contributed by atoms with Crippen molar-refractivity contribution in [3.63, 3.8) is 0 Å². The summed E-state index contributed by atoms with van der Waals surface area (Å²) in [7, 11) is 0. The molecule has 1 amide bonds. The molecule has 1 aromatic carbocycles. The minimum Gasteiger partial charge on any atom is -0.354 e. The van der Waals surface area contributed by atoms with Crippen LogP contribution >= 0.6 is 0 Å². The third-order valence-electron chi connectivity index (χ3n) is 4.29. The highest BCUT2D eigenvalue weighted by atomic mass is 19.2. The van der Waals surface area contributed by atoms with Crippen molar-refractivity contribution < 1.29 is 18.0 Å². The maximum atomic E-state index is 13.7. The number of hydrogen-bond donors (Lipinski definition) is 2. The molecule has 1 aliphatic rings. The van der Waals surface area contributed by atoms with Gasteiger partial charge in [0.15, 0.2) is 17.5 Å². The van der Waals surface area contributed by atoms with Gasteiger partial charge in [-0.05, 0) is 50.3 Å². The summed E-state index contributed by atoms with van der Waals surface area (Å²) < 4.78 is 39.9. The fourth-order valence-corrected chi connectivity index (χ4v) is 2.85. The van der Waals surface area contributed by atoms with E-state index in [1.165, 1.54) is 30.7 Å². The average molecular weight is 376 g/mol. The first-order valence-corrected chi connectivity index (χ1v) is 8.74. The van der Waals surface area contributed by atoms with Crippen molar-refractivity contribution in [1.82, 2.24) is 9.97 Å². The lowest BCUT2D eigenvalue weighted by atomic mass is 9.97. The van der Waals surface area contributed by atoms with E-state index >= 15 is 0 Å². The van der Waals surface area contributed by atoms with Gasteiger partial charge in [-0.15, -0.1) is 0 Å². The number of benzene rings is 1. The van der Waals surface area contributed by atoms with Crippen molar-refractivity contribution in [3.05, 3.63) is 59.2 Å². The number of allylic oxidation sites excluding steroid dienone is 1. The lowest BCUT2D eigenvalue weighted by Crippen LogP contribution is -2.17. The smallest absolute Gasteiger partial charge is 0.274 e. The Hall–Kier alpha value is -2.90. The summed E-state index contributed by atoms with van der Waals surface area (Å²) in [6, 6.07) is 3.03. The van der Waals surface area contributed by atoms with Gasteiger partial charge in [-0.3, -0.25) is 4.79 Å². The number of rotatable bonds is 6. The summed E-state index contributed by atoms with van der Waals surface area (Å²) in [5.41, 5.74) is 0.918. The fourth-order valence-electron chi connectivity index (χ4n) is 2.85. The Morgan fingerprint density at radius 2 is 1.96 bits per heavy atom. The Morgan fingerprint density at radius 3 is 2.74 bits per heavy atom. The summed E-state index contributed by atoms with van der Waals surface area (Å²) >= 11 is 0. The van der Waals surface area contributed by atoms with E-state index in [-0.39, 0.29) is 11.6 Å². The maximum absolute atomic E-state index is 13.7. The molecule has 1 heterocycles. The van der Waals surface area contributed by atoms with Gasteiger partial charge in [0.05, 0.1) is 5.69 Å². The number of nitrogens with zero attached hydrogens (tertiary/aromatic N) is 2. The highest BCUT2D eigenvalue weighted by Gasteiger charge is 2.17. The summed E-state index contributed by atoms with van der Waals surface area (Å²) in [5.74, 6) is -4.91. The third kappa shape index (κ3) is 4.84. The molecule has 0 bridgehead atoms. The monoisotopic (exact) mass is 376 g/mol. The molecule has 5 nitrogen and oxygen atoms in total. The number of hydrogen-bond acceptors (Lipinski definition) is 4. The van der Waals surface area contributed by atoms with E-state index in [4.69, 9.17) is 0 Å². The van der Waals surface area contributed by atoms with Crippen LogP contribution in [0.15, 0.2) is 36.0 Å². The van der Waals surface area contributed by atoms with Gasteiger partial charge in [0.2, 0.25) is 5.95 Å². The summed E-state index contributed by atoms with van der Waals surface area (Å²) in [6.07, 6.45) is 9.18. The second-order valence-electron chi connectivity index (χ2n) is 6.23. The number of carbonyl (C=O) groups excluding carboxylic acids is 1. The summed E-state index contributed by atoms with van der Waals surface area (Å²) in [5, 5.41) is 5.23. The number of amides is 1. The average Bonchev–Trinajstić information content (AvgIpc) is 2.69. The fraction of sp³-hybridized carbons (Fsp3) is 0.316. The molecule has 0 radical (unpaired) electrons. The van der Waals surface area contributed by atoms with E-state index < -0.39 is 29.0 Å². The predicted octanol–water partition coefficient (Wildman–Crippen LogP) is 4.45. The van der Waals surface area contributed by atoms with Crippen molar-refractivity contribution in [2.75, 3.05) is 17.2 Å². The normalized spacial score (nSPS) is 13.8. The number of anilines is 2. The zero-order chi connectivity index (χ0) is 19.2. The zero-order valence-electron chi connectivity index (χ0n) is 14.6. The Morgan fingerprint density at radius 1 is 1.11 bits per heavy atom. The molecule has 8 heteroatoms. The molecule has 0 aliphatic heterocycles. The summed E-state index contributed by atoms with van der Waals surface area (Å²) in [6.45, 7) is 0.634. The van der Waals surface area contributed by atoms with Crippen LogP contribution in [0.1, 0.15) is 42.6 Å². The van der Waals surface area contributed by atoms with Crippen molar-refractivity contribution in [3.8, 4) is 0 Å². The molecule has 0 spiro atoms. The van der Waals surface area contributed by atoms with Crippen LogP contribution in [0.25, 0.3) is 0 Å². The molecule has 0 saturated heterocycles. The molecular weight excluding hydrogens is 357 g/mol. The third-order valence-corrected chi connectivity index (χ3v) is 4.29. The molecule has 0 fully saturated rings. The van der Waals surface area contributed by atoms with Gasteiger partial charge in [0.1, 0.15) is 5.69 Å². The SMILES string of the molecule is O=C(Nc1ccc(F)c(F)c1F)c1ccnc(NCCC2=CCCCC2)n1. The van der Waals surface area contributed by atoms with E-state index in [2.05, 4.69) is 26.7 Å². The van der Waals surface area contributed by atoms with Gasteiger partial charge in [-0.1, -0.05) is 11.6 Å². The van der Waals surface area contributed by atoms with Crippen LogP contribution in [0.5, 0.6) is 0 Å².